The van der Waals surface area contributed by atoms with Crippen LogP contribution in [0.4, 0.5) is 10.5 Å². The molecule has 136 valence electrons. The summed E-state index contributed by atoms with van der Waals surface area (Å²) in [4.78, 5) is 28.3. The Labute approximate surface area is 150 Å². The predicted octanol–water partition coefficient (Wildman–Crippen LogP) is 3.56. The van der Waals surface area contributed by atoms with Gasteiger partial charge in [0, 0.05) is 31.7 Å². The molecule has 0 spiro atoms. The molecule has 0 aliphatic carbocycles. The molecule has 1 aromatic rings. The Bertz CT molecular complexity index is 636. The van der Waals surface area contributed by atoms with Gasteiger partial charge in [-0.25, -0.2) is 4.79 Å². The Kier molecular flexibility index (Phi) is 5.30. The van der Waals surface area contributed by atoms with Gasteiger partial charge in [-0.05, 0) is 49.3 Å². The number of benzene rings is 1. The lowest BCUT2D eigenvalue weighted by Gasteiger charge is -2.35. The van der Waals surface area contributed by atoms with Crippen LogP contribution in [0.1, 0.15) is 51.6 Å². The fourth-order valence-electron chi connectivity index (χ4n) is 4.07. The summed E-state index contributed by atoms with van der Waals surface area (Å²) in [5, 5.41) is 3.12. The van der Waals surface area contributed by atoms with Gasteiger partial charge in [0.1, 0.15) is 0 Å². The van der Waals surface area contributed by atoms with Gasteiger partial charge in [0.05, 0.1) is 6.04 Å². The predicted molar refractivity (Wildman–Crippen MR) is 99.5 cm³/mol. The van der Waals surface area contributed by atoms with Crippen LogP contribution in [0.3, 0.4) is 0 Å². The van der Waals surface area contributed by atoms with E-state index in [1.54, 1.807) is 0 Å². The van der Waals surface area contributed by atoms with Gasteiger partial charge in [-0.15, -0.1) is 0 Å². The molecule has 2 heterocycles. The fourth-order valence-corrected chi connectivity index (χ4v) is 4.07. The lowest BCUT2D eigenvalue weighted by atomic mass is 9.92. The number of nitrogens with one attached hydrogen (secondary N) is 1. The van der Waals surface area contributed by atoms with Crippen LogP contribution in [0.5, 0.6) is 0 Å². The minimum absolute atomic E-state index is 0.00792. The zero-order valence-corrected chi connectivity index (χ0v) is 15.5. The molecule has 3 amide bonds. The molecule has 3 atom stereocenters. The van der Waals surface area contributed by atoms with Crippen LogP contribution in [-0.2, 0) is 4.79 Å². The Morgan fingerprint density at radius 1 is 1.24 bits per heavy atom. The van der Waals surface area contributed by atoms with Crippen molar-refractivity contribution in [3.8, 4) is 0 Å². The first-order valence-corrected chi connectivity index (χ1v) is 9.40. The molecule has 0 radical (unpaired) electrons. The second-order valence-corrected chi connectivity index (χ2v) is 7.77. The standard InChI is InChI=1S/C20H29N3O2/c1-14-10-15(2)13-22(12-14)20(25)21-16(3)17-6-4-7-18(11-17)23-9-5-8-19(23)24/h4,6-7,11,14-16H,5,8-10,12-13H2,1-3H3,(H,21,25). The van der Waals surface area contributed by atoms with Crippen molar-refractivity contribution in [1.82, 2.24) is 10.2 Å². The molecular weight excluding hydrogens is 314 g/mol. The maximum Gasteiger partial charge on any atom is 0.317 e. The molecule has 3 rings (SSSR count). The van der Waals surface area contributed by atoms with Gasteiger partial charge in [0.2, 0.25) is 5.91 Å². The number of nitrogens with zero attached hydrogens (tertiary/aromatic N) is 2. The molecule has 2 fully saturated rings. The first-order valence-electron chi connectivity index (χ1n) is 9.40. The summed E-state index contributed by atoms with van der Waals surface area (Å²) in [6, 6.07) is 7.89. The molecule has 0 aromatic heterocycles. The normalized spacial score (nSPS) is 25.2. The number of hydrogen-bond acceptors (Lipinski definition) is 2. The number of amides is 3. The van der Waals surface area contributed by atoms with Crippen LogP contribution in [0, 0.1) is 11.8 Å². The van der Waals surface area contributed by atoms with Gasteiger partial charge in [-0.2, -0.15) is 0 Å². The number of urea groups is 1. The van der Waals surface area contributed by atoms with E-state index in [9.17, 15) is 9.59 Å². The molecule has 1 N–H and O–H groups in total. The maximum absolute atomic E-state index is 12.6. The third kappa shape index (κ3) is 4.14. The number of likely N-dealkylation sites (tertiary alicyclic amines) is 1. The molecule has 1 aromatic carbocycles. The summed E-state index contributed by atoms with van der Waals surface area (Å²) < 4.78 is 0. The van der Waals surface area contributed by atoms with Gasteiger partial charge in [0.15, 0.2) is 0 Å². The number of hydrogen-bond donors (Lipinski definition) is 1. The van der Waals surface area contributed by atoms with E-state index in [-0.39, 0.29) is 18.0 Å². The Hall–Kier alpha value is -2.04. The minimum atomic E-state index is -0.0855. The highest BCUT2D eigenvalue weighted by molar-refractivity contribution is 5.95. The zero-order valence-electron chi connectivity index (χ0n) is 15.5. The van der Waals surface area contributed by atoms with Crippen LogP contribution >= 0.6 is 0 Å². The van der Waals surface area contributed by atoms with Gasteiger partial charge < -0.3 is 15.1 Å². The van der Waals surface area contributed by atoms with Crippen molar-refractivity contribution in [1.29, 1.82) is 0 Å². The third-order valence-corrected chi connectivity index (χ3v) is 5.25. The van der Waals surface area contributed by atoms with E-state index in [4.69, 9.17) is 0 Å². The summed E-state index contributed by atoms with van der Waals surface area (Å²) in [6.07, 6.45) is 2.73. The van der Waals surface area contributed by atoms with Gasteiger partial charge >= 0.3 is 6.03 Å². The van der Waals surface area contributed by atoms with E-state index in [0.717, 1.165) is 37.3 Å². The maximum atomic E-state index is 12.6. The first kappa shape index (κ1) is 17.8. The van der Waals surface area contributed by atoms with Crippen molar-refractivity contribution < 1.29 is 9.59 Å². The monoisotopic (exact) mass is 343 g/mol. The van der Waals surface area contributed by atoms with Crippen LogP contribution in [-0.4, -0.2) is 36.5 Å². The molecule has 3 unspecified atom stereocenters. The van der Waals surface area contributed by atoms with E-state index in [2.05, 4.69) is 19.2 Å². The highest BCUT2D eigenvalue weighted by atomic mass is 16.2. The van der Waals surface area contributed by atoms with Gasteiger partial charge in [-0.3, -0.25) is 4.79 Å². The lowest BCUT2D eigenvalue weighted by molar-refractivity contribution is -0.117. The van der Waals surface area contributed by atoms with Crippen LogP contribution < -0.4 is 10.2 Å². The average Bonchev–Trinajstić information content (AvgIpc) is 3.00. The lowest BCUT2D eigenvalue weighted by Crippen LogP contribution is -2.48. The molecule has 2 aliphatic rings. The second-order valence-electron chi connectivity index (χ2n) is 7.77. The Balaban J connectivity index is 1.65. The second kappa shape index (κ2) is 7.46. The van der Waals surface area contributed by atoms with Crippen LogP contribution in [0.25, 0.3) is 0 Å². The zero-order chi connectivity index (χ0) is 18.0. The summed E-state index contributed by atoms with van der Waals surface area (Å²) in [5.74, 6) is 1.29. The molecule has 5 heteroatoms. The summed E-state index contributed by atoms with van der Waals surface area (Å²) in [6.45, 7) is 8.84. The average molecular weight is 343 g/mol. The third-order valence-electron chi connectivity index (χ3n) is 5.25. The Morgan fingerprint density at radius 3 is 2.60 bits per heavy atom. The number of piperidine rings is 1. The SMILES string of the molecule is CC1CC(C)CN(C(=O)NC(C)c2cccc(N3CCCC3=O)c2)C1. The molecule has 0 saturated carbocycles. The Morgan fingerprint density at radius 2 is 1.96 bits per heavy atom. The van der Waals surface area contributed by atoms with Crippen molar-refractivity contribution in [3.05, 3.63) is 29.8 Å². The van der Waals surface area contributed by atoms with E-state index in [0.29, 0.717) is 18.3 Å². The summed E-state index contributed by atoms with van der Waals surface area (Å²) in [7, 11) is 0. The molecular formula is C20H29N3O2. The summed E-state index contributed by atoms with van der Waals surface area (Å²) in [5.41, 5.74) is 1.96. The largest absolute Gasteiger partial charge is 0.331 e. The molecule has 2 saturated heterocycles. The van der Waals surface area contributed by atoms with Crippen molar-refractivity contribution in [2.75, 3.05) is 24.5 Å². The highest BCUT2D eigenvalue weighted by Crippen LogP contribution is 2.25. The quantitative estimate of drug-likeness (QED) is 0.912. The summed E-state index contributed by atoms with van der Waals surface area (Å²) >= 11 is 0. The van der Waals surface area contributed by atoms with Crippen LogP contribution in [0.2, 0.25) is 0 Å². The molecule has 5 nitrogen and oxygen atoms in total. The van der Waals surface area contributed by atoms with Crippen molar-refractivity contribution in [3.63, 3.8) is 0 Å². The van der Waals surface area contributed by atoms with E-state index in [1.807, 2.05) is 41.0 Å². The van der Waals surface area contributed by atoms with E-state index >= 15 is 0 Å². The van der Waals surface area contributed by atoms with Crippen molar-refractivity contribution in [2.45, 2.75) is 46.1 Å². The van der Waals surface area contributed by atoms with Gasteiger partial charge in [0.25, 0.3) is 0 Å². The number of anilines is 1. The smallest absolute Gasteiger partial charge is 0.317 e. The minimum Gasteiger partial charge on any atom is -0.331 e. The van der Waals surface area contributed by atoms with E-state index in [1.165, 1.54) is 6.42 Å². The fraction of sp³-hybridized carbons (Fsp3) is 0.600. The molecule has 2 aliphatic heterocycles. The number of carbonyl (C=O) groups excluding carboxylic acids is 2. The number of carbonyl (C=O) groups is 2. The van der Waals surface area contributed by atoms with Gasteiger partial charge in [-0.1, -0.05) is 26.0 Å². The topological polar surface area (TPSA) is 52.7 Å². The first-order chi connectivity index (χ1) is 11.9. The van der Waals surface area contributed by atoms with Crippen LogP contribution in [0.15, 0.2) is 24.3 Å². The molecule has 0 bridgehead atoms. The van der Waals surface area contributed by atoms with Crippen molar-refractivity contribution in [2.24, 2.45) is 11.8 Å². The highest BCUT2D eigenvalue weighted by Gasteiger charge is 2.26. The molecule has 25 heavy (non-hydrogen) atoms. The number of rotatable bonds is 3. The van der Waals surface area contributed by atoms with E-state index < -0.39 is 0 Å². The van der Waals surface area contributed by atoms with Crippen molar-refractivity contribution >= 4 is 17.6 Å².